The molecule has 1 saturated carbocycles. The van der Waals surface area contributed by atoms with Crippen LogP contribution in [0, 0.1) is 0 Å². The molecule has 92 valence electrons. The summed E-state index contributed by atoms with van der Waals surface area (Å²) in [5, 5.41) is 4.42. The zero-order valence-electron chi connectivity index (χ0n) is 10.1. The van der Waals surface area contributed by atoms with Crippen molar-refractivity contribution in [2.45, 2.75) is 24.9 Å². The van der Waals surface area contributed by atoms with Gasteiger partial charge in [0, 0.05) is 23.5 Å². The maximum atomic E-state index is 5.90. The predicted molar refractivity (Wildman–Crippen MR) is 75.9 cm³/mol. The van der Waals surface area contributed by atoms with Crippen LogP contribution in [0.25, 0.3) is 0 Å². The van der Waals surface area contributed by atoms with Crippen molar-refractivity contribution < 1.29 is 0 Å². The summed E-state index contributed by atoms with van der Waals surface area (Å²) in [4.78, 5) is 0. The summed E-state index contributed by atoms with van der Waals surface area (Å²) in [6.45, 7) is 0.954. The molecule has 3 rings (SSSR count). The van der Waals surface area contributed by atoms with E-state index in [9.17, 15) is 0 Å². The lowest BCUT2D eigenvalue weighted by Crippen LogP contribution is -2.17. The molecule has 18 heavy (non-hydrogen) atoms. The molecular formula is C16H16ClN. The molecule has 0 aromatic heterocycles. The fourth-order valence-electron chi connectivity index (χ4n) is 2.34. The van der Waals surface area contributed by atoms with Gasteiger partial charge in [0.15, 0.2) is 0 Å². The molecule has 0 aliphatic heterocycles. The van der Waals surface area contributed by atoms with E-state index in [1.54, 1.807) is 0 Å². The Morgan fingerprint density at radius 1 is 1.00 bits per heavy atom. The number of hydrogen-bond donors (Lipinski definition) is 1. The minimum Gasteiger partial charge on any atom is -0.309 e. The zero-order chi connectivity index (χ0) is 12.4. The standard InChI is InChI=1S/C16H16ClN/c17-14-8-6-13(7-9-14)15-10-16(15)18-11-12-4-2-1-3-5-12/h1-9,15-16,18H,10-11H2. The van der Waals surface area contributed by atoms with Gasteiger partial charge in [0.05, 0.1) is 0 Å². The van der Waals surface area contributed by atoms with Crippen molar-refractivity contribution in [3.63, 3.8) is 0 Å². The van der Waals surface area contributed by atoms with Crippen LogP contribution in [0.5, 0.6) is 0 Å². The molecule has 0 amide bonds. The number of nitrogens with one attached hydrogen (secondary N) is 1. The van der Waals surface area contributed by atoms with Gasteiger partial charge in [0.1, 0.15) is 0 Å². The lowest BCUT2D eigenvalue weighted by Gasteiger charge is -2.04. The average Bonchev–Trinajstić information content (AvgIpc) is 3.18. The number of benzene rings is 2. The third-order valence-corrected chi connectivity index (χ3v) is 3.75. The van der Waals surface area contributed by atoms with Gasteiger partial charge < -0.3 is 5.32 Å². The Balaban J connectivity index is 1.54. The van der Waals surface area contributed by atoms with Gasteiger partial charge >= 0.3 is 0 Å². The van der Waals surface area contributed by atoms with Crippen molar-refractivity contribution in [3.05, 3.63) is 70.7 Å². The summed E-state index contributed by atoms with van der Waals surface area (Å²) in [7, 11) is 0. The smallest absolute Gasteiger partial charge is 0.0406 e. The Morgan fingerprint density at radius 3 is 2.44 bits per heavy atom. The molecular weight excluding hydrogens is 242 g/mol. The van der Waals surface area contributed by atoms with Crippen LogP contribution in [0.1, 0.15) is 23.5 Å². The van der Waals surface area contributed by atoms with Crippen LogP contribution in [-0.2, 0) is 6.54 Å². The van der Waals surface area contributed by atoms with E-state index in [1.807, 2.05) is 12.1 Å². The number of hydrogen-bond acceptors (Lipinski definition) is 1. The molecule has 1 aliphatic carbocycles. The second kappa shape index (κ2) is 5.13. The van der Waals surface area contributed by atoms with E-state index in [0.717, 1.165) is 11.6 Å². The second-order valence-corrected chi connectivity index (χ2v) is 5.30. The Hall–Kier alpha value is -1.31. The van der Waals surface area contributed by atoms with Gasteiger partial charge in [-0.05, 0) is 29.7 Å². The molecule has 2 atom stereocenters. The van der Waals surface area contributed by atoms with Crippen LogP contribution < -0.4 is 5.32 Å². The number of halogens is 1. The van der Waals surface area contributed by atoms with Crippen molar-refractivity contribution >= 4 is 11.6 Å². The summed E-state index contributed by atoms with van der Waals surface area (Å²) in [5.41, 5.74) is 2.74. The third-order valence-electron chi connectivity index (χ3n) is 3.50. The first-order valence-corrected chi connectivity index (χ1v) is 6.73. The fraction of sp³-hybridized carbons (Fsp3) is 0.250. The van der Waals surface area contributed by atoms with Crippen molar-refractivity contribution in [3.8, 4) is 0 Å². The topological polar surface area (TPSA) is 12.0 Å². The largest absolute Gasteiger partial charge is 0.309 e. The predicted octanol–water partition coefficient (Wildman–Crippen LogP) is 3.99. The minimum absolute atomic E-state index is 0.617. The summed E-state index contributed by atoms with van der Waals surface area (Å²) in [6, 6.07) is 19.4. The van der Waals surface area contributed by atoms with Gasteiger partial charge in [0.25, 0.3) is 0 Å². The van der Waals surface area contributed by atoms with Gasteiger partial charge in [-0.2, -0.15) is 0 Å². The molecule has 0 bridgehead atoms. The van der Waals surface area contributed by atoms with Crippen molar-refractivity contribution in [2.24, 2.45) is 0 Å². The van der Waals surface area contributed by atoms with Gasteiger partial charge in [0.2, 0.25) is 0 Å². The fourth-order valence-corrected chi connectivity index (χ4v) is 2.47. The van der Waals surface area contributed by atoms with Crippen LogP contribution >= 0.6 is 11.6 Å². The maximum Gasteiger partial charge on any atom is 0.0406 e. The van der Waals surface area contributed by atoms with E-state index in [-0.39, 0.29) is 0 Å². The lowest BCUT2D eigenvalue weighted by atomic mass is 10.1. The first kappa shape index (κ1) is 11.8. The van der Waals surface area contributed by atoms with Gasteiger partial charge in [-0.1, -0.05) is 54.1 Å². The van der Waals surface area contributed by atoms with Crippen LogP contribution in [0.3, 0.4) is 0 Å². The highest BCUT2D eigenvalue weighted by Crippen LogP contribution is 2.41. The van der Waals surface area contributed by atoms with E-state index in [1.165, 1.54) is 17.5 Å². The van der Waals surface area contributed by atoms with E-state index >= 15 is 0 Å². The minimum atomic E-state index is 0.617. The molecule has 0 radical (unpaired) electrons. The molecule has 0 spiro atoms. The summed E-state index contributed by atoms with van der Waals surface area (Å²) < 4.78 is 0. The highest BCUT2D eigenvalue weighted by Gasteiger charge is 2.37. The Labute approximate surface area is 113 Å². The van der Waals surface area contributed by atoms with Crippen LogP contribution in [0.15, 0.2) is 54.6 Å². The summed E-state index contributed by atoms with van der Waals surface area (Å²) in [5.74, 6) is 0.658. The summed E-state index contributed by atoms with van der Waals surface area (Å²) in [6.07, 6.45) is 1.23. The van der Waals surface area contributed by atoms with Gasteiger partial charge in [-0.3, -0.25) is 0 Å². The number of rotatable bonds is 4. The highest BCUT2D eigenvalue weighted by atomic mass is 35.5. The third kappa shape index (κ3) is 2.74. The molecule has 1 fully saturated rings. The first-order valence-electron chi connectivity index (χ1n) is 6.36. The average molecular weight is 258 g/mol. The lowest BCUT2D eigenvalue weighted by molar-refractivity contribution is 0.673. The summed E-state index contributed by atoms with van der Waals surface area (Å²) >= 11 is 5.90. The maximum absolute atomic E-state index is 5.90. The molecule has 2 aromatic carbocycles. The Kier molecular flexibility index (Phi) is 3.35. The van der Waals surface area contributed by atoms with Gasteiger partial charge in [-0.25, -0.2) is 0 Å². The quantitative estimate of drug-likeness (QED) is 0.874. The first-order chi connectivity index (χ1) is 8.83. The monoisotopic (exact) mass is 257 g/mol. The van der Waals surface area contributed by atoms with Crippen LogP contribution in [-0.4, -0.2) is 6.04 Å². The van der Waals surface area contributed by atoms with Crippen molar-refractivity contribution in [1.29, 1.82) is 0 Å². The van der Waals surface area contributed by atoms with E-state index in [4.69, 9.17) is 11.6 Å². The van der Waals surface area contributed by atoms with Crippen LogP contribution in [0.2, 0.25) is 5.02 Å². The second-order valence-electron chi connectivity index (χ2n) is 4.87. The molecule has 2 unspecified atom stereocenters. The SMILES string of the molecule is Clc1ccc(C2CC2NCc2ccccc2)cc1. The molecule has 1 N–H and O–H groups in total. The van der Waals surface area contributed by atoms with E-state index in [2.05, 4.69) is 47.8 Å². The zero-order valence-corrected chi connectivity index (χ0v) is 10.9. The molecule has 0 heterocycles. The van der Waals surface area contributed by atoms with E-state index < -0.39 is 0 Å². The van der Waals surface area contributed by atoms with Gasteiger partial charge in [-0.15, -0.1) is 0 Å². The Bertz CT molecular complexity index is 506. The Morgan fingerprint density at radius 2 is 1.72 bits per heavy atom. The molecule has 0 saturated heterocycles. The molecule has 1 nitrogen and oxygen atoms in total. The molecule has 2 aromatic rings. The highest BCUT2D eigenvalue weighted by molar-refractivity contribution is 6.30. The van der Waals surface area contributed by atoms with E-state index in [0.29, 0.717) is 12.0 Å². The van der Waals surface area contributed by atoms with Crippen molar-refractivity contribution in [1.82, 2.24) is 5.32 Å². The normalized spacial score (nSPS) is 21.8. The molecule has 2 heteroatoms. The van der Waals surface area contributed by atoms with Crippen molar-refractivity contribution in [2.75, 3.05) is 0 Å². The molecule has 1 aliphatic rings. The van der Waals surface area contributed by atoms with Crippen LogP contribution in [0.4, 0.5) is 0 Å².